The van der Waals surface area contributed by atoms with E-state index in [9.17, 15) is 22.8 Å². The Hall–Kier alpha value is -1.31. The van der Waals surface area contributed by atoms with Gasteiger partial charge in [0.2, 0.25) is 5.91 Å². The van der Waals surface area contributed by atoms with E-state index in [0.29, 0.717) is 38.8 Å². The van der Waals surface area contributed by atoms with E-state index < -0.39 is 18.2 Å². The standard InChI is InChI=1S/C12H17F3N2O3/c13-12(14,15)11(19)20-9-3-1-8(2-4-9)17-6-5-16-7-10(17)18/h8-9,16H,1-7H2. The largest absolute Gasteiger partial charge is 0.490 e. The second kappa shape index (κ2) is 5.99. The summed E-state index contributed by atoms with van der Waals surface area (Å²) in [5, 5.41) is 2.97. The Bertz CT molecular complexity index is 379. The Balaban J connectivity index is 1.80. The molecular formula is C12H17F3N2O3. The molecule has 1 saturated carbocycles. The highest BCUT2D eigenvalue weighted by Crippen LogP contribution is 2.27. The van der Waals surface area contributed by atoms with Crippen molar-refractivity contribution in [3.05, 3.63) is 0 Å². The van der Waals surface area contributed by atoms with Gasteiger partial charge >= 0.3 is 12.1 Å². The Morgan fingerprint density at radius 2 is 1.90 bits per heavy atom. The number of carbonyl (C=O) groups excluding carboxylic acids is 2. The fourth-order valence-corrected chi connectivity index (χ4v) is 2.70. The van der Waals surface area contributed by atoms with Crippen molar-refractivity contribution in [3.8, 4) is 0 Å². The van der Waals surface area contributed by atoms with Crippen molar-refractivity contribution in [2.24, 2.45) is 0 Å². The van der Waals surface area contributed by atoms with Crippen LogP contribution >= 0.6 is 0 Å². The van der Waals surface area contributed by atoms with Crippen molar-refractivity contribution in [2.45, 2.75) is 44.0 Å². The second-order valence-corrected chi connectivity index (χ2v) is 5.10. The number of nitrogens with one attached hydrogen (secondary N) is 1. The first-order valence-electron chi connectivity index (χ1n) is 6.66. The van der Waals surface area contributed by atoms with Crippen LogP contribution in [0, 0.1) is 0 Å². The lowest BCUT2D eigenvalue weighted by Gasteiger charge is -2.38. The smallest absolute Gasteiger partial charge is 0.456 e. The van der Waals surface area contributed by atoms with Gasteiger partial charge in [-0.1, -0.05) is 0 Å². The first kappa shape index (κ1) is 15.1. The second-order valence-electron chi connectivity index (χ2n) is 5.10. The van der Waals surface area contributed by atoms with E-state index in [-0.39, 0.29) is 11.9 Å². The summed E-state index contributed by atoms with van der Waals surface area (Å²) >= 11 is 0. The Morgan fingerprint density at radius 3 is 2.45 bits per heavy atom. The van der Waals surface area contributed by atoms with Crippen LogP contribution < -0.4 is 5.32 Å². The molecule has 0 spiro atoms. The molecular weight excluding hydrogens is 277 g/mol. The number of amides is 1. The highest BCUT2D eigenvalue weighted by Gasteiger charge is 2.43. The number of rotatable bonds is 2. The van der Waals surface area contributed by atoms with Crippen LogP contribution in [0.2, 0.25) is 0 Å². The summed E-state index contributed by atoms with van der Waals surface area (Å²) in [7, 11) is 0. The summed E-state index contributed by atoms with van der Waals surface area (Å²) in [6.45, 7) is 1.66. The number of nitrogens with zero attached hydrogens (tertiary/aromatic N) is 1. The number of carbonyl (C=O) groups is 2. The van der Waals surface area contributed by atoms with Crippen molar-refractivity contribution in [2.75, 3.05) is 19.6 Å². The number of esters is 1. The minimum absolute atomic E-state index is 0.0204. The lowest BCUT2D eigenvalue weighted by molar-refractivity contribution is -0.206. The molecule has 114 valence electrons. The normalized spacial score (nSPS) is 28.4. The molecule has 0 aromatic heterocycles. The van der Waals surface area contributed by atoms with Crippen molar-refractivity contribution in [1.29, 1.82) is 0 Å². The van der Waals surface area contributed by atoms with Crippen LogP contribution in [0.15, 0.2) is 0 Å². The highest BCUT2D eigenvalue weighted by atomic mass is 19.4. The fraction of sp³-hybridized carbons (Fsp3) is 0.833. The van der Waals surface area contributed by atoms with Gasteiger partial charge < -0.3 is 15.0 Å². The van der Waals surface area contributed by atoms with Crippen molar-refractivity contribution in [3.63, 3.8) is 0 Å². The van der Waals surface area contributed by atoms with Gasteiger partial charge in [-0.3, -0.25) is 4.79 Å². The molecule has 8 heteroatoms. The molecule has 1 amide bonds. The van der Waals surface area contributed by atoms with Crippen LogP contribution in [-0.4, -0.2) is 54.7 Å². The van der Waals surface area contributed by atoms with Gasteiger partial charge in [-0.15, -0.1) is 0 Å². The summed E-state index contributed by atoms with van der Waals surface area (Å²) in [5.74, 6) is -2.11. The van der Waals surface area contributed by atoms with E-state index in [4.69, 9.17) is 0 Å². The number of hydrogen-bond donors (Lipinski definition) is 1. The molecule has 0 radical (unpaired) electrons. The molecule has 2 rings (SSSR count). The SMILES string of the molecule is O=C1CNCCN1C1CCC(OC(=O)C(F)(F)F)CC1. The van der Waals surface area contributed by atoms with Gasteiger partial charge in [0.15, 0.2) is 0 Å². The minimum atomic E-state index is -4.94. The van der Waals surface area contributed by atoms with Crippen LogP contribution in [-0.2, 0) is 14.3 Å². The van der Waals surface area contributed by atoms with Gasteiger partial charge in [0.05, 0.1) is 6.54 Å². The third-order valence-electron chi connectivity index (χ3n) is 3.72. The first-order valence-corrected chi connectivity index (χ1v) is 6.66. The summed E-state index contributed by atoms with van der Waals surface area (Å²) in [6.07, 6.45) is -3.76. The minimum Gasteiger partial charge on any atom is -0.456 e. The maximum absolute atomic E-state index is 12.1. The molecule has 1 heterocycles. The first-order chi connectivity index (χ1) is 9.38. The Kier molecular flexibility index (Phi) is 4.52. The van der Waals surface area contributed by atoms with Gasteiger partial charge in [0.25, 0.3) is 0 Å². The van der Waals surface area contributed by atoms with Crippen molar-refractivity contribution in [1.82, 2.24) is 10.2 Å². The zero-order valence-electron chi connectivity index (χ0n) is 10.9. The van der Waals surface area contributed by atoms with Crippen LogP contribution in [0.1, 0.15) is 25.7 Å². The number of hydrogen-bond acceptors (Lipinski definition) is 4. The molecule has 1 N–H and O–H groups in total. The monoisotopic (exact) mass is 294 g/mol. The van der Waals surface area contributed by atoms with Crippen LogP contribution in [0.4, 0.5) is 13.2 Å². The predicted octanol–water partition coefficient (Wildman–Crippen LogP) is 0.835. The molecule has 5 nitrogen and oxygen atoms in total. The summed E-state index contributed by atoms with van der Waals surface area (Å²) < 4.78 is 40.7. The number of alkyl halides is 3. The average Bonchev–Trinajstić information content (AvgIpc) is 2.39. The Labute approximate surface area is 114 Å². The molecule has 1 aliphatic carbocycles. The van der Waals surface area contributed by atoms with Gasteiger partial charge in [0.1, 0.15) is 6.10 Å². The van der Waals surface area contributed by atoms with E-state index in [2.05, 4.69) is 10.1 Å². The topological polar surface area (TPSA) is 58.6 Å². The third-order valence-corrected chi connectivity index (χ3v) is 3.72. The lowest BCUT2D eigenvalue weighted by Crippen LogP contribution is -2.53. The molecule has 20 heavy (non-hydrogen) atoms. The maximum Gasteiger partial charge on any atom is 0.490 e. The third kappa shape index (κ3) is 3.62. The predicted molar refractivity (Wildman–Crippen MR) is 62.8 cm³/mol. The van der Waals surface area contributed by atoms with Gasteiger partial charge in [-0.25, -0.2) is 4.79 Å². The molecule has 0 atom stereocenters. The van der Waals surface area contributed by atoms with Gasteiger partial charge in [-0.2, -0.15) is 13.2 Å². The molecule has 0 aromatic carbocycles. The zero-order valence-corrected chi connectivity index (χ0v) is 10.9. The number of piperazine rings is 1. The summed E-state index contributed by atoms with van der Waals surface area (Å²) in [6, 6.07) is 0.0467. The number of ether oxygens (including phenoxy) is 1. The molecule has 0 aromatic rings. The highest BCUT2D eigenvalue weighted by molar-refractivity contribution is 5.79. The van der Waals surface area contributed by atoms with Crippen LogP contribution in [0.25, 0.3) is 0 Å². The molecule has 0 unspecified atom stereocenters. The number of halogens is 3. The van der Waals surface area contributed by atoms with E-state index in [1.165, 1.54) is 0 Å². The molecule has 0 bridgehead atoms. The molecule has 2 aliphatic rings. The average molecular weight is 294 g/mol. The van der Waals surface area contributed by atoms with E-state index in [1.54, 1.807) is 4.90 Å². The molecule has 1 aliphatic heterocycles. The van der Waals surface area contributed by atoms with E-state index in [0.717, 1.165) is 6.54 Å². The maximum atomic E-state index is 12.1. The Morgan fingerprint density at radius 1 is 1.25 bits per heavy atom. The molecule has 2 fully saturated rings. The van der Waals surface area contributed by atoms with Crippen LogP contribution in [0.5, 0.6) is 0 Å². The summed E-state index contributed by atoms with van der Waals surface area (Å²) in [4.78, 5) is 24.2. The van der Waals surface area contributed by atoms with Crippen molar-refractivity contribution >= 4 is 11.9 Å². The fourth-order valence-electron chi connectivity index (χ4n) is 2.70. The van der Waals surface area contributed by atoms with E-state index >= 15 is 0 Å². The van der Waals surface area contributed by atoms with Crippen LogP contribution in [0.3, 0.4) is 0 Å². The quantitative estimate of drug-likeness (QED) is 0.767. The lowest BCUT2D eigenvalue weighted by atomic mass is 9.91. The van der Waals surface area contributed by atoms with Gasteiger partial charge in [0, 0.05) is 19.1 Å². The van der Waals surface area contributed by atoms with Gasteiger partial charge in [-0.05, 0) is 25.7 Å². The van der Waals surface area contributed by atoms with E-state index in [1.807, 2.05) is 0 Å². The zero-order chi connectivity index (χ0) is 14.8. The van der Waals surface area contributed by atoms with Crippen molar-refractivity contribution < 1.29 is 27.5 Å². The summed E-state index contributed by atoms with van der Waals surface area (Å²) in [5.41, 5.74) is 0. The molecule has 1 saturated heterocycles.